The summed E-state index contributed by atoms with van der Waals surface area (Å²) in [5.74, 6) is -0.732. The Morgan fingerprint density at radius 1 is 0.656 bits per heavy atom. The molecule has 0 saturated heterocycles. The number of aromatic nitrogens is 3. The molecule has 8 rings (SSSR count). The van der Waals surface area contributed by atoms with Crippen LogP contribution in [-0.2, 0) is 26.5 Å². The molecule has 2 aromatic heterocycles. The summed E-state index contributed by atoms with van der Waals surface area (Å²) in [6, 6.07) is 43.7. The first-order valence-corrected chi connectivity index (χ1v) is 22.1. The number of phenols is 1. The van der Waals surface area contributed by atoms with Crippen molar-refractivity contribution in [1.82, 2.24) is 14.5 Å². The van der Waals surface area contributed by atoms with Crippen LogP contribution in [0.5, 0.6) is 5.75 Å². The van der Waals surface area contributed by atoms with E-state index in [4.69, 9.17) is 16.8 Å². The van der Waals surface area contributed by atoms with Crippen molar-refractivity contribution in [1.29, 1.82) is 0 Å². The van der Waals surface area contributed by atoms with Gasteiger partial charge in [0.15, 0.2) is 0 Å². The maximum Gasteiger partial charge on any atom is 0.148 e. The van der Waals surface area contributed by atoms with Gasteiger partial charge in [0.25, 0.3) is 0 Å². The Morgan fingerprint density at radius 2 is 1.30 bits per heavy atom. The van der Waals surface area contributed by atoms with Crippen LogP contribution in [0.15, 0.2) is 128 Å². The smallest absolute Gasteiger partial charge is 0.148 e. The molecule has 0 unspecified atom stereocenters. The Labute approximate surface area is 403 Å². The number of aromatic hydroxyl groups is 1. The fourth-order valence-electron chi connectivity index (χ4n) is 8.56. The normalized spacial score (nSPS) is 13.6. The molecule has 0 fully saturated rings. The van der Waals surface area contributed by atoms with E-state index in [0.29, 0.717) is 17.0 Å². The molecule has 8 aromatic rings. The van der Waals surface area contributed by atoms with Crippen molar-refractivity contribution in [2.24, 2.45) is 0 Å². The molecule has 0 aliphatic rings. The molecule has 1 N–H and O–H groups in total. The number of hydrogen-bond donors (Lipinski definition) is 1. The van der Waals surface area contributed by atoms with Gasteiger partial charge in [-0.1, -0.05) is 172 Å². The number of hydrogen-bond acceptors (Lipinski definition) is 3. The van der Waals surface area contributed by atoms with Crippen LogP contribution in [0.4, 0.5) is 0 Å². The second-order valence-electron chi connectivity index (χ2n) is 19.0. The summed E-state index contributed by atoms with van der Waals surface area (Å²) in [5.41, 5.74) is 14.8. The molecule has 5 heteroatoms. The third-order valence-corrected chi connectivity index (χ3v) is 12.2. The van der Waals surface area contributed by atoms with E-state index in [9.17, 15) is 5.11 Å². The van der Waals surface area contributed by atoms with Crippen LogP contribution in [0.3, 0.4) is 0 Å². The average molecular weight is 1030 g/mol. The number of aryl methyl sites for hydroxylation is 1. The van der Waals surface area contributed by atoms with Crippen LogP contribution in [0.25, 0.3) is 72.7 Å². The zero-order valence-electron chi connectivity index (χ0n) is 43.9. The van der Waals surface area contributed by atoms with Gasteiger partial charge in [-0.3, -0.25) is 9.55 Å². The summed E-state index contributed by atoms with van der Waals surface area (Å²) in [4.78, 5) is 10.4. The number of phenolic OH excluding ortho intramolecular Hbond substituents is 1. The van der Waals surface area contributed by atoms with E-state index in [2.05, 4.69) is 120 Å². The second kappa shape index (κ2) is 18.5. The summed E-state index contributed by atoms with van der Waals surface area (Å²) < 4.78 is 43.9. The molecule has 0 atom stereocenters. The Hall–Kier alpha value is -5.57. The molecular formula is C59H62N3OPt-. The summed E-state index contributed by atoms with van der Waals surface area (Å²) in [6.07, 6.45) is 1.78. The number of benzene rings is 6. The Balaban J connectivity index is 0.00000703. The molecule has 0 spiro atoms. The third-order valence-electron chi connectivity index (χ3n) is 12.2. The number of rotatable bonds is 10. The quantitative estimate of drug-likeness (QED) is 0.139. The standard InChI is InChI=1S/C59H62N3O.Pt/c1-35(2)43-32-51(38(7)8)57(63)52(33-43)58-61-56-50(44-29-45(31-46(30-44)59(10,11)12)53-34-42(27-28-60-53)40-21-19-39(9)20-22-40)17-14-18-54(56)62(58)47-25-23-41(24-26-47)55-48(36(3)4)15-13-16-49(55)37(5)6;/h13-28,30-38,63H,1-12H3;/q-1;/i9D3,36D,37D;. The molecule has 0 bridgehead atoms. The van der Waals surface area contributed by atoms with Gasteiger partial charge in [0.1, 0.15) is 11.6 Å². The minimum absolute atomic E-state index is 0. The molecule has 0 aliphatic carbocycles. The summed E-state index contributed by atoms with van der Waals surface area (Å²) >= 11 is 0. The monoisotopic (exact) mass is 1030 g/mol. The number of imidazole rings is 1. The second-order valence-corrected chi connectivity index (χ2v) is 19.0. The van der Waals surface area contributed by atoms with Crippen molar-refractivity contribution < 1.29 is 33.0 Å². The Kier molecular flexibility index (Phi) is 11.6. The number of pyridine rings is 1. The molecular weight excluding hydrogens is 962 g/mol. The van der Waals surface area contributed by atoms with Crippen LogP contribution < -0.4 is 0 Å². The molecule has 330 valence electrons. The van der Waals surface area contributed by atoms with E-state index in [-0.39, 0.29) is 44.1 Å². The van der Waals surface area contributed by atoms with E-state index < -0.39 is 18.6 Å². The van der Waals surface area contributed by atoms with Crippen molar-refractivity contribution in [3.8, 4) is 67.5 Å². The predicted octanol–water partition coefficient (Wildman–Crippen LogP) is 16.4. The fraction of sp³-hybridized carbons (Fsp3) is 0.288. The van der Waals surface area contributed by atoms with E-state index in [0.717, 1.165) is 89.2 Å². The van der Waals surface area contributed by atoms with Crippen molar-refractivity contribution in [2.75, 3.05) is 0 Å². The molecule has 2 heterocycles. The fourth-order valence-corrected chi connectivity index (χ4v) is 8.56. The minimum atomic E-state index is -2.18. The van der Waals surface area contributed by atoms with Gasteiger partial charge in [0.2, 0.25) is 0 Å². The maximum absolute atomic E-state index is 12.2. The van der Waals surface area contributed by atoms with Crippen LogP contribution in [0, 0.1) is 12.9 Å². The van der Waals surface area contributed by atoms with Crippen molar-refractivity contribution in [2.45, 2.75) is 112 Å². The van der Waals surface area contributed by atoms with Crippen LogP contribution in [0.1, 0.15) is 140 Å². The van der Waals surface area contributed by atoms with Gasteiger partial charge in [-0.25, -0.2) is 4.98 Å². The molecule has 0 amide bonds. The Bertz CT molecular complexity index is 3130. The van der Waals surface area contributed by atoms with E-state index >= 15 is 0 Å². The first-order valence-electron chi connectivity index (χ1n) is 24.6. The van der Waals surface area contributed by atoms with Crippen LogP contribution in [-0.4, -0.2) is 19.6 Å². The largest absolute Gasteiger partial charge is 0.507 e. The number of fused-ring (bicyclic) bond motifs is 1. The van der Waals surface area contributed by atoms with Gasteiger partial charge in [-0.15, -0.1) is 29.3 Å². The van der Waals surface area contributed by atoms with E-state index in [1.54, 1.807) is 18.3 Å². The Morgan fingerprint density at radius 3 is 1.91 bits per heavy atom. The van der Waals surface area contributed by atoms with Gasteiger partial charge < -0.3 is 5.11 Å². The molecule has 64 heavy (non-hydrogen) atoms. The van der Waals surface area contributed by atoms with Gasteiger partial charge in [-0.2, -0.15) is 0 Å². The minimum Gasteiger partial charge on any atom is -0.507 e. The average Bonchev–Trinajstić information content (AvgIpc) is 3.67. The van der Waals surface area contributed by atoms with E-state index in [1.165, 1.54) is 0 Å². The third kappa shape index (κ3) is 9.05. The van der Waals surface area contributed by atoms with Crippen LogP contribution >= 0.6 is 0 Å². The first-order chi connectivity index (χ1) is 31.8. The van der Waals surface area contributed by atoms with E-state index in [1.807, 2.05) is 76.2 Å². The van der Waals surface area contributed by atoms with Gasteiger partial charge in [0, 0.05) is 45.5 Å². The SMILES string of the molecule is [2H]C([2H])([2H])c1ccc(-c2ccnc(-c3[c-]c(-c4cccc5c4nc(-c4cc(C(C)C)cc(C(C)C)c4O)n5-c4ccc(-c5c(C([2H])(C)C)cccc5C([2H])(C)C)cc4)cc(C(C)(C)C)c3)c2)cc1.[Pt]. The molecule has 0 saturated carbocycles. The predicted molar refractivity (Wildman–Crippen MR) is 266 cm³/mol. The first kappa shape index (κ1) is 40.0. The van der Waals surface area contributed by atoms with Gasteiger partial charge in [-0.05, 0) is 111 Å². The molecule has 4 nitrogen and oxygen atoms in total. The maximum atomic E-state index is 12.2. The van der Waals surface area contributed by atoms with Crippen LogP contribution in [0.2, 0.25) is 0 Å². The van der Waals surface area contributed by atoms with Gasteiger partial charge in [0.05, 0.1) is 16.6 Å². The molecule has 0 radical (unpaired) electrons. The van der Waals surface area contributed by atoms with Crippen molar-refractivity contribution in [3.63, 3.8) is 0 Å². The van der Waals surface area contributed by atoms with Crippen molar-refractivity contribution in [3.05, 3.63) is 167 Å². The summed E-state index contributed by atoms with van der Waals surface area (Å²) in [5, 5.41) is 12.2. The van der Waals surface area contributed by atoms with Crippen molar-refractivity contribution >= 4 is 11.0 Å². The number of para-hydroxylation sites is 1. The zero-order chi connectivity index (χ0) is 49.2. The summed E-state index contributed by atoms with van der Waals surface area (Å²) in [7, 11) is 0. The number of nitrogens with zero attached hydrogens (tertiary/aromatic N) is 3. The zero-order valence-corrected chi connectivity index (χ0v) is 41.2. The molecule has 0 aliphatic heterocycles. The molecule has 6 aromatic carbocycles. The summed E-state index contributed by atoms with van der Waals surface area (Å²) in [6.45, 7) is 20.5. The van der Waals surface area contributed by atoms with Gasteiger partial charge >= 0.3 is 0 Å². The topological polar surface area (TPSA) is 50.9 Å².